The van der Waals surface area contributed by atoms with Crippen molar-refractivity contribution in [2.45, 2.75) is 19.3 Å². The van der Waals surface area contributed by atoms with Crippen molar-refractivity contribution in [2.75, 3.05) is 25.6 Å². The maximum absolute atomic E-state index is 12.1. The van der Waals surface area contributed by atoms with Crippen molar-refractivity contribution >= 4 is 11.6 Å². The van der Waals surface area contributed by atoms with Gasteiger partial charge in [-0.3, -0.25) is 15.6 Å². The fourth-order valence-corrected chi connectivity index (χ4v) is 1.64. The summed E-state index contributed by atoms with van der Waals surface area (Å²) in [5, 5.41) is 8.68. The summed E-state index contributed by atoms with van der Waals surface area (Å²) in [5.74, 6) is 5.24. The number of aliphatic hydroxyl groups excluding tert-OH is 1. The monoisotopic (exact) mass is 252 g/mol. The van der Waals surface area contributed by atoms with E-state index in [0.29, 0.717) is 17.8 Å². The smallest absolute Gasteiger partial charge is 0.257 e. The Kier molecular flexibility index (Phi) is 6.10. The van der Waals surface area contributed by atoms with Crippen LogP contribution in [0.15, 0.2) is 18.5 Å². The first kappa shape index (κ1) is 14.4. The number of hydrazine groups is 1. The summed E-state index contributed by atoms with van der Waals surface area (Å²) in [5.41, 5.74) is 3.52. The number of hydrogen-bond acceptors (Lipinski definition) is 5. The van der Waals surface area contributed by atoms with Crippen molar-refractivity contribution in [2.24, 2.45) is 5.84 Å². The summed E-state index contributed by atoms with van der Waals surface area (Å²) in [4.78, 5) is 17.7. The van der Waals surface area contributed by atoms with Crippen LogP contribution in [0.2, 0.25) is 0 Å². The number of carbonyl (C=O) groups excluding carboxylic acids is 1. The Morgan fingerprint density at radius 3 is 2.94 bits per heavy atom. The Morgan fingerprint density at radius 1 is 1.50 bits per heavy atom. The summed E-state index contributed by atoms with van der Waals surface area (Å²) >= 11 is 0. The topological polar surface area (TPSA) is 91.5 Å². The van der Waals surface area contributed by atoms with Crippen LogP contribution in [0.4, 0.5) is 5.69 Å². The number of anilines is 1. The second-order valence-corrected chi connectivity index (χ2v) is 4.08. The van der Waals surface area contributed by atoms with E-state index in [4.69, 9.17) is 10.9 Å². The molecule has 1 aromatic rings. The molecule has 0 saturated carbocycles. The highest BCUT2D eigenvalue weighted by Crippen LogP contribution is 2.14. The molecule has 0 aliphatic heterocycles. The van der Waals surface area contributed by atoms with Crippen LogP contribution < -0.4 is 11.3 Å². The summed E-state index contributed by atoms with van der Waals surface area (Å²) in [6, 6.07) is 1.66. The highest BCUT2D eigenvalue weighted by Gasteiger charge is 2.15. The van der Waals surface area contributed by atoms with E-state index in [1.54, 1.807) is 24.2 Å². The number of pyridine rings is 1. The SMILES string of the molecule is CN(CCCCCO)C(=O)c1cnccc1NN. The van der Waals surface area contributed by atoms with Crippen LogP contribution in [-0.2, 0) is 0 Å². The quantitative estimate of drug-likeness (QED) is 0.375. The first-order chi connectivity index (χ1) is 8.70. The third-order valence-corrected chi connectivity index (χ3v) is 2.71. The molecule has 1 heterocycles. The fourth-order valence-electron chi connectivity index (χ4n) is 1.64. The number of hydrogen-bond donors (Lipinski definition) is 3. The molecule has 0 aliphatic carbocycles. The molecule has 0 aliphatic rings. The van der Waals surface area contributed by atoms with E-state index in [-0.39, 0.29) is 12.5 Å². The molecule has 6 heteroatoms. The molecule has 1 amide bonds. The lowest BCUT2D eigenvalue weighted by atomic mass is 10.2. The maximum atomic E-state index is 12.1. The Balaban J connectivity index is 2.57. The van der Waals surface area contributed by atoms with E-state index in [1.807, 2.05) is 0 Å². The molecule has 0 radical (unpaired) electrons. The van der Waals surface area contributed by atoms with Crippen molar-refractivity contribution in [3.8, 4) is 0 Å². The van der Waals surface area contributed by atoms with Crippen LogP contribution in [0.25, 0.3) is 0 Å². The highest BCUT2D eigenvalue weighted by atomic mass is 16.2. The van der Waals surface area contributed by atoms with Crippen molar-refractivity contribution < 1.29 is 9.90 Å². The van der Waals surface area contributed by atoms with Gasteiger partial charge >= 0.3 is 0 Å². The summed E-state index contributed by atoms with van der Waals surface area (Å²) in [7, 11) is 1.74. The summed E-state index contributed by atoms with van der Waals surface area (Å²) < 4.78 is 0. The van der Waals surface area contributed by atoms with E-state index in [0.717, 1.165) is 19.3 Å². The van der Waals surface area contributed by atoms with Gasteiger partial charge < -0.3 is 15.4 Å². The van der Waals surface area contributed by atoms with Crippen molar-refractivity contribution in [3.05, 3.63) is 24.0 Å². The van der Waals surface area contributed by atoms with Gasteiger partial charge in [0.1, 0.15) is 0 Å². The number of nitrogens with one attached hydrogen (secondary N) is 1. The summed E-state index contributed by atoms with van der Waals surface area (Å²) in [6.07, 6.45) is 5.62. The molecule has 0 aromatic carbocycles. The minimum atomic E-state index is -0.111. The standard InChI is InChI=1S/C12H20N4O2/c1-16(7-3-2-4-8-17)12(18)10-9-14-6-5-11(10)15-13/h5-6,9,17H,2-4,7-8,13H2,1H3,(H,14,15). The normalized spacial score (nSPS) is 10.2. The molecule has 0 unspecified atom stereocenters. The van der Waals surface area contributed by atoms with Crippen LogP contribution in [0, 0.1) is 0 Å². The first-order valence-electron chi connectivity index (χ1n) is 5.97. The molecule has 0 saturated heterocycles. The van der Waals surface area contributed by atoms with Crippen molar-refractivity contribution in [3.63, 3.8) is 0 Å². The number of aliphatic hydroxyl groups is 1. The van der Waals surface area contributed by atoms with Crippen molar-refractivity contribution in [1.82, 2.24) is 9.88 Å². The zero-order valence-electron chi connectivity index (χ0n) is 10.6. The Labute approximate surface area is 107 Å². The van der Waals surface area contributed by atoms with E-state index < -0.39 is 0 Å². The predicted molar refractivity (Wildman–Crippen MR) is 69.9 cm³/mol. The Morgan fingerprint density at radius 2 is 2.28 bits per heavy atom. The molecule has 6 nitrogen and oxygen atoms in total. The number of nitrogen functional groups attached to an aromatic ring is 1. The van der Waals surface area contributed by atoms with Gasteiger partial charge in [0.2, 0.25) is 0 Å². The number of rotatable bonds is 7. The number of amides is 1. The molecule has 4 N–H and O–H groups in total. The van der Waals surface area contributed by atoms with Crippen LogP contribution in [-0.4, -0.2) is 41.1 Å². The van der Waals surface area contributed by atoms with Gasteiger partial charge in [0.25, 0.3) is 5.91 Å². The largest absolute Gasteiger partial charge is 0.396 e. The molecule has 0 spiro atoms. The van der Waals surface area contributed by atoms with Gasteiger partial charge in [-0.2, -0.15) is 0 Å². The number of aromatic nitrogens is 1. The van der Waals surface area contributed by atoms with Gasteiger partial charge in [-0.15, -0.1) is 0 Å². The second kappa shape index (κ2) is 7.62. The fraction of sp³-hybridized carbons (Fsp3) is 0.500. The zero-order chi connectivity index (χ0) is 13.4. The number of unbranched alkanes of at least 4 members (excludes halogenated alkanes) is 2. The molecule has 0 atom stereocenters. The van der Waals surface area contributed by atoms with Gasteiger partial charge in [-0.05, 0) is 25.3 Å². The molecular formula is C12H20N4O2. The Hall–Kier alpha value is -1.66. The lowest BCUT2D eigenvalue weighted by Crippen LogP contribution is -2.29. The average molecular weight is 252 g/mol. The molecule has 0 bridgehead atoms. The zero-order valence-corrected chi connectivity index (χ0v) is 10.6. The average Bonchev–Trinajstić information content (AvgIpc) is 2.42. The lowest BCUT2D eigenvalue weighted by molar-refractivity contribution is 0.0792. The highest BCUT2D eigenvalue weighted by molar-refractivity contribution is 5.99. The van der Waals surface area contributed by atoms with E-state index >= 15 is 0 Å². The molecular weight excluding hydrogens is 232 g/mol. The maximum Gasteiger partial charge on any atom is 0.257 e. The second-order valence-electron chi connectivity index (χ2n) is 4.08. The third-order valence-electron chi connectivity index (χ3n) is 2.71. The molecule has 100 valence electrons. The minimum Gasteiger partial charge on any atom is -0.396 e. The molecule has 1 aromatic heterocycles. The van der Waals surface area contributed by atoms with Gasteiger partial charge in [0.15, 0.2) is 0 Å². The van der Waals surface area contributed by atoms with Crippen LogP contribution in [0.3, 0.4) is 0 Å². The predicted octanol–water partition coefficient (Wildman–Crippen LogP) is 0.602. The number of carbonyl (C=O) groups is 1. The van der Waals surface area contributed by atoms with E-state index in [1.165, 1.54) is 6.20 Å². The van der Waals surface area contributed by atoms with E-state index in [9.17, 15) is 4.79 Å². The molecule has 18 heavy (non-hydrogen) atoms. The van der Waals surface area contributed by atoms with E-state index in [2.05, 4.69) is 10.4 Å². The minimum absolute atomic E-state index is 0.111. The van der Waals surface area contributed by atoms with Gasteiger partial charge in [0.05, 0.1) is 11.3 Å². The van der Waals surface area contributed by atoms with Crippen LogP contribution >= 0.6 is 0 Å². The van der Waals surface area contributed by atoms with Gasteiger partial charge in [-0.25, -0.2) is 0 Å². The molecule has 1 rings (SSSR count). The number of nitrogens with two attached hydrogens (primary N) is 1. The van der Waals surface area contributed by atoms with Crippen LogP contribution in [0.5, 0.6) is 0 Å². The Bertz CT molecular complexity index is 384. The summed E-state index contributed by atoms with van der Waals surface area (Å²) in [6.45, 7) is 0.846. The first-order valence-corrected chi connectivity index (χ1v) is 5.97. The lowest BCUT2D eigenvalue weighted by Gasteiger charge is -2.18. The van der Waals surface area contributed by atoms with Crippen LogP contribution in [0.1, 0.15) is 29.6 Å². The van der Waals surface area contributed by atoms with Gasteiger partial charge in [-0.1, -0.05) is 0 Å². The number of nitrogens with zero attached hydrogens (tertiary/aromatic N) is 2. The van der Waals surface area contributed by atoms with Gasteiger partial charge in [0, 0.05) is 32.6 Å². The third kappa shape index (κ3) is 3.97. The van der Waals surface area contributed by atoms with Crippen molar-refractivity contribution in [1.29, 1.82) is 0 Å². The molecule has 0 fully saturated rings.